The van der Waals surface area contributed by atoms with Crippen LogP contribution in [0.4, 0.5) is 0 Å². The Kier molecular flexibility index (Phi) is 4.66. The summed E-state index contributed by atoms with van der Waals surface area (Å²) in [6.07, 6.45) is 12.2. The third kappa shape index (κ3) is 2.67. The van der Waals surface area contributed by atoms with Crippen molar-refractivity contribution in [2.75, 3.05) is 0 Å². The number of hydrogen-bond donors (Lipinski definition) is 0. The SMILES string of the molecule is CC1=C(C2=CC=CC2)C2=C(CCCC(=[Si](C)C)C2C)[CH]1[Hf+2].[H-].[H-]. The van der Waals surface area contributed by atoms with Crippen LogP contribution in [0.15, 0.2) is 46.1 Å². The van der Waals surface area contributed by atoms with Gasteiger partial charge in [-0.15, -0.1) is 0 Å². The van der Waals surface area contributed by atoms with Gasteiger partial charge in [-0.05, 0) is 0 Å². The summed E-state index contributed by atoms with van der Waals surface area (Å²) in [5, 5.41) is 1.89. The van der Waals surface area contributed by atoms with Crippen molar-refractivity contribution in [2.45, 2.75) is 56.3 Å². The van der Waals surface area contributed by atoms with Crippen LogP contribution in [0.5, 0.6) is 0 Å². The number of rotatable bonds is 1. The molecule has 0 spiro atoms. The molecule has 0 fully saturated rings. The molecule has 0 aromatic heterocycles. The molecule has 0 N–H and O–H groups in total. The van der Waals surface area contributed by atoms with Gasteiger partial charge in [-0.25, -0.2) is 0 Å². The fourth-order valence-corrected chi connectivity index (χ4v) is 7.59. The molecule has 2 atom stereocenters. The van der Waals surface area contributed by atoms with Crippen LogP contribution in [-0.4, -0.2) is 13.6 Å². The molecule has 0 nitrogen and oxygen atoms in total. The van der Waals surface area contributed by atoms with Crippen molar-refractivity contribution >= 4 is 13.6 Å². The molecule has 3 rings (SSSR count). The largest absolute Gasteiger partial charge is 1.00 e. The van der Waals surface area contributed by atoms with Crippen molar-refractivity contribution in [3.8, 4) is 0 Å². The van der Waals surface area contributed by atoms with Crippen molar-refractivity contribution in [1.29, 1.82) is 0 Å². The minimum Gasteiger partial charge on any atom is -1.00 e. The van der Waals surface area contributed by atoms with Gasteiger partial charge in [-0.2, -0.15) is 0 Å². The minimum atomic E-state index is -0.289. The second-order valence-electron chi connectivity index (χ2n) is 6.85. The maximum Gasteiger partial charge on any atom is -1.00 e. The smallest absolute Gasteiger partial charge is 1.00 e. The van der Waals surface area contributed by atoms with E-state index in [9.17, 15) is 0 Å². The van der Waals surface area contributed by atoms with Gasteiger partial charge >= 0.3 is 146 Å². The molecule has 0 radical (unpaired) electrons. The van der Waals surface area contributed by atoms with Gasteiger partial charge in [0.15, 0.2) is 0 Å². The zero-order valence-corrected chi connectivity index (χ0v) is 18.3. The molecule has 3 aliphatic carbocycles. The Morgan fingerprint density at radius 3 is 2.67 bits per heavy atom. The normalized spacial score (nSPS) is 29.0. The molecule has 0 amide bonds. The van der Waals surface area contributed by atoms with E-state index in [2.05, 4.69) is 45.2 Å². The molecule has 0 aromatic carbocycles. The van der Waals surface area contributed by atoms with Crippen molar-refractivity contribution < 1.29 is 27.2 Å². The molecule has 0 aromatic rings. The first kappa shape index (κ1) is 15.8. The van der Waals surface area contributed by atoms with Crippen LogP contribution < -0.4 is 0 Å². The van der Waals surface area contributed by atoms with E-state index in [1.807, 2.05) is 10.7 Å². The van der Waals surface area contributed by atoms with Crippen molar-refractivity contribution in [2.24, 2.45) is 5.92 Å². The number of hydrogen-bond acceptors (Lipinski definition) is 0. The van der Waals surface area contributed by atoms with Gasteiger partial charge in [-0.3, -0.25) is 0 Å². The quantitative estimate of drug-likeness (QED) is 0.459. The van der Waals surface area contributed by atoms with Gasteiger partial charge in [-0.1, -0.05) is 0 Å². The summed E-state index contributed by atoms with van der Waals surface area (Å²) in [7, 11) is -0.289. The average Bonchev–Trinajstić information content (AvgIpc) is 2.99. The Balaban J connectivity index is 0.00000132. The fourth-order valence-electron chi connectivity index (χ4n) is 4.31. The first-order valence-corrected chi connectivity index (χ1v) is 12.8. The fraction of sp³-hybridized carbons (Fsp3) is 0.526. The molecule has 0 saturated heterocycles. The Labute approximate surface area is 148 Å². The second kappa shape index (κ2) is 6.20. The molecular formula is C19H27HfSi. The third-order valence-corrected chi connectivity index (χ3v) is 10.1. The molecule has 2 heteroatoms. The van der Waals surface area contributed by atoms with Crippen LogP contribution in [0.2, 0.25) is 16.8 Å². The molecule has 0 saturated carbocycles. The van der Waals surface area contributed by atoms with Crippen molar-refractivity contribution in [1.82, 2.24) is 0 Å². The van der Waals surface area contributed by atoms with Gasteiger partial charge in [0, 0.05) is 0 Å². The van der Waals surface area contributed by atoms with E-state index in [4.69, 9.17) is 0 Å². The standard InChI is InChI=1S/C19H25Si.Hf.2H/c1-13-12-16-10-7-11-17(20(3)4)14(2)19(16)18(13)15-8-5-6-9-15;;;/h5-6,8,12,14H,7,9-11H2,1-4H3;;;/q;+2;2*-1. The van der Waals surface area contributed by atoms with E-state index in [0.717, 1.165) is 10.1 Å². The predicted molar refractivity (Wildman–Crippen MR) is 93.0 cm³/mol. The predicted octanol–water partition coefficient (Wildman–Crippen LogP) is 5.39. The summed E-state index contributed by atoms with van der Waals surface area (Å²) < 4.78 is 0.808. The van der Waals surface area contributed by atoms with Gasteiger partial charge in [0.05, 0.1) is 0 Å². The Hall–Kier alpha value is -0.0830. The van der Waals surface area contributed by atoms with Crippen LogP contribution in [0, 0.1) is 5.92 Å². The average molecular weight is 462 g/mol. The van der Waals surface area contributed by atoms with Gasteiger partial charge in [0.25, 0.3) is 0 Å². The second-order valence-corrected chi connectivity index (χ2v) is 11.6. The van der Waals surface area contributed by atoms with E-state index in [0.29, 0.717) is 5.92 Å². The maximum atomic E-state index is 2.50. The van der Waals surface area contributed by atoms with E-state index >= 15 is 0 Å². The van der Waals surface area contributed by atoms with Crippen LogP contribution >= 0.6 is 0 Å². The molecule has 0 heterocycles. The maximum absolute atomic E-state index is 2.50. The van der Waals surface area contributed by atoms with Crippen LogP contribution in [0.25, 0.3) is 0 Å². The van der Waals surface area contributed by atoms with E-state index in [1.165, 1.54) is 43.6 Å². The van der Waals surface area contributed by atoms with E-state index in [1.54, 1.807) is 22.3 Å². The molecule has 3 aliphatic rings. The first-order valence-electron chi connectivity index (χ1n) is 8.19. The van der Waals surface area contributed by atoms with Crippen molar-refractivity contribution in [3.63, 3.8) is 0 Å². The van der Waals surface area contributed by atoms with E-state index in [-0.39, 0.29) is 11.3 Å². The molecule has 21 heavy (non-hydrogen) atoms. The summed E-state index contributed by atoms with van der Waals surface area (Å²) in [6, 6.07) is 0. The summed E-state index contributed by atoms with van der Waals surface area (Å²) in [5.41, 5.74) is 8.54. The van der Waals surface area contributed by atoms with Crippen LogP contribution in [0.3, 0.4) is 0 Å². The first-order chi connectivity index (χ1) is 10.0. The Bertz CT molecular complexity index is 634. The number of allylic oxidation sites excluding steroid dienone is 8. The zero-order chi connectivity index (χ0) is 15.1. The third-order valence-electron chi connectivity index (χ3n) is 5.37. The van der Waals surface area contributed by atoms with Gasteiger partial charge in [0.2, 0.25) is 0 Å². The van der Waals surface area contributed by atoms with E-state index < -0.39 is 0 Å². The topological polar surface area (TPSA) is 0 Å². The summed E-state index contributed by atoms with van der Waals surface area (Å²) in [4.78, 5) is 0. The molecule has 111 valence electrons. The van der Waals surface area contributed by atoms with Crippen LogP contribution in [-0.2, 0) is 24.4 Å². The Morgan fingerprint density at radius 2 is 2.05 bits per heavy atom. The Morgan fingerprint density at radius 1 is 1.29 bits per heavy atom. The van der Waals surface area contributed by atoms with Crippen LogP contribution in [0.1, 0.15) is 42.4 Å². The summed E-state index contributed by atoms with van der Waals surface area (Å²) in [6.45, 7) is 9.89. The zero-order valence-electron chi connectivity index (χ0n) is 15.7. The molecular weight excluding hydrogens is 435 g/mol. The summed E-state index contributed by atoms with van der Waals surface area (Å²) >= 11 is 1.28. The van der Waals surface area contributed by atoms with Gasteiger partial charge in [0.1, 0.15) is 0 Å². The molecule has 0 bridgehead atoms. The monoisotopic (exact) mass is 463 g/mol. The summed E-state index contributed by atoms with van der Waals surface area (Å²) in [5.74, 6) is 0.705. The molecule has 0 aliphatic heterocycles. The minimum absolute atomic E-state index is 0. The van der Waals surface area contributed by atoms with Gasteiger partial charge < -0.3 is 2.85 Å². The molecule has 2 unspecified atom stereocenters. The van der Waals surface area contributed by atoms with Crippen molar-refractivity contribution in [3.05, 3.63) is 46.1 Å².